The second-order valence-electron chi connectivity index (χ2n) is 9.36. The molecular weight excluding hydrogens is 428 g/mol. The highest BCUT2D eigenvalue weighted by Crippen LogP contribution is 2.43. The fourth-order valence-electron chi connectivity index (χ4n) is 5.08. The van der Waals surface area contributed by atoms with Crippen molar-refractivity contribution in [3.8, 4) is 0 Å². The number of rotatable bonds is 10. The van der Waals surface area contributed by atoms with Gasteiger partial charge in [0.05, 0.1) is 12.6 Å². The molecule has 3 rings (SSSR count). The number of Topliss-reactive ketones (excluding diaryl/α,β-unsaturated/α-hetero) is 1. The summed E-state index contributed by atoms with van der Waals surface area (Å²) in [7, 11) is 3.34. The van der Waals surface area contributed by atoms with Gasteiger partial charge < -0.3 is 20.1 Å². The van der Waals surface area contributed by atoms with Crippen molar-refractivity contribution in [2.24, 2.45) is 18.4 Å². The Labute approximate surface area is 193 Å². The van der Waals surface area contributed by atoms with Crippen LogP contribution in [0.25, 0.3) is 0 Å². The number of aliphatic hydroxyl groups excluding tert-OH is 1. The fraction of sp³-hybridized carbons (Fsp3) is 0.727. The first-order chi connectivity index (χ1) is 15.7. The van der Waals surface area contributed by atoms with Crippen LogP contribution < -0.4 is 5.32 Å². The largest absolute Gasteiger partial charge is 0.391 e. The third-order valence-corrected chi connectivity index (χ3v) is 6.77. The molecular formula is C22H34N6O5. The summed E-state index contributed by atoms with van der Waals surface area (Å²) in [6.45, 7) is 2.88. The van der Waals surface area contributed by atoms with Gasteiger partial charge in [0.2, 0.25) is 17.6 Å². The molecule has 1 saturated carbocycles. The van der Waals surface area contributed by atoms with E-state index < -0.39 is 29.4 Å². The van der Waals surface area contributed by atoms with Crippen LogP contribution in [0.5, 0.6) is 0 Å². The van der Waals surface area contributed by atoms with Gasteiger partial charge in [-0.3, -0.25) is 19.3 Å². The van der Waals surface area contributed by atoms with Crippen LogP contribution in [0.3, 0.4) is 0 Å². The van der Waals surface area contributed by atoms with Gasteiger partial charge in [-0.15, -0.1) is 0 Å². The molecule has 0 aromatic carbocycles. The third kappa shape index (κ3) is 5.47. The van der Waals surface area contributed by atoms with E-state index in [1.165, 1.54) is 17.9 Å². The van der Waals surface area contributed by atoms with Crippen LogP contribution in [0.2, 0.25) is 0 Å². The summed E-state index contributed by atoms with van der Waals surface area (Å²) in [4.78, 5) is 58.0. The zero-order chi connectivity index (χ0) is 24.2. The highest BCUT2D eigenvalue weighted by molar-refractivity contribution is 5.97. The van der Waals surface area contributed by atoms with Gasteiger partial charge in [-0.2, -0.15) is 5.10 Å². The molecule has 182 valence electrons. The molecule has 2 fully saturated rings. The topological polar surface area (TPSA) is 138 Å². The number of aliphatic hydroxyl groups is 1. The number of aromatic nitrogens is 3. The van der Waals surface area contributed by atoms with Crippen molar-refractivity contribution in [1.82, 2.24) is 29.9 Å². The molecule has 1 saturated heterocycles. The number of carbonyl (C=O) groups excluding carboxylic acids is 4. The number of amides is 2. The van der Waals surface area contributed by atoms with Crippen LogP contribution in [0.1, 0.15) is 49.6 Å². The Kier molecular flexibility index (Phi) is 7.96. The van der Waals surface area contributed by atoms with Crippen molar-refractivity contribution in [2.75, 3.05) is 33.2 Å². The monoisotopic (exact) mass is 462 g/mol. The van der Waals surface area contributed by atoms with E-state index in [2.05, 4.69) is 15.4 Å². The van der Waals surface area contributed by atoms with Crippen LogP contribution in [0.4, 0.5) is 0 Å². The average Bonchev–Trinajstić information content (AvgIpc) is 3.52. The molecule has 11 nitrogen and oxygen atoms in total. The smallest absolute Gasteiger partial charge is 0.247 e. The second-order valence-corrected chi connectivity index (χ2v) is 9.36. The van der Waals surface area contributed by atoms with E-state index in [4.69, 9.17) is 0 Å². The standard InChI is InChI=1S/C22H34N6O5/c1-15(30)18(21(33)28-9-4-5-10-28)25-17(31)11-26(2)12-22(13-29)8-6-7-16(22)19(32)20-23-14-24-27(20)3/h13-16,18,30H,4-12H2,1-3H3,(H,25,31)/t15-,16?,18+,22?/m1/s1. The summed E-state index contributed by atoms with van der Waals surface area (Å²) < 4.78 is 1.40. The molecule has 4 atom stereocenters. The molecule has 2 amide bonds. The number of likely N-dealkylation sites (N-methyl/N-ethyl adjacent to an activating group) is 1. The Morgan fingerprint density at radius 1 is 1.33 bits per heavy atom. The van der Waals surface area contributed by atoms with Gasteiger partial charge in [0.15, 0.2) is 5.82 Å². The molecule has 0 spiro atoms. The lowest BCUT2D eigenvalue weighted by Gasteiger charge is -2.33. The molecule has 2 heterocycles. The van der Waals surface area contributed by atoms with Gasteiger partial charge in [-0.05, 0) is 39.7 Å². The number of hydrogen-bond acceptors (Lipinski definition) is 8. The first-order valence-electron chi connectivity index (χ1n) is 11.5. The maximum atomic E-state index is 13.1. The number of nitrogens with one attached hydrogen (secondary N) is 1. The molecule has 1 aliphatic carbocycles. The van der Waals surface area contributed by atoms with Crippen LogP contribution in [-0.4, -0.2) is 98.9 Å². The lowest BCUT2D eigenvalue weighted by molar-refractivity contribution is -0.138. The van der Waals surface area contributed by atoms with Gasteiger partial charge >= 0.3 is 0 Å². The molecule has 1 aromatic heterocycles. The highest BCUT2D eigenvalue weighted by Gasteiger charge is 2.48. The number of hydrogen-bond donors (Lipinski definition) is 2. The number of nitrogens with zero attached hydrogens (tertiary/aromatic N) is 5. The third-order valence-electron chi connectivity index (χ3n) is 6.77. The lowest BCUT2D eigenvalue weighted by Crippen LogP contribution is -2.55. The molecule has 2 N–H and O–H groups in total. The van der Waals surface area contributed by atoms with E-state index in [9.17, 15) is 24.3 Å². The van der Waals surface area contributed by atoms with Crippen molar-refractivity contribution in [1.29, 1.82) is 0 Å². The zero-order valence-electron chi connectivity index (χ0n) is 19.6. The molecule has 0 bridgehead atoms. The molecule has 2 aliphatic rings. The maximum Gasteiger partial charge on any atom is 0.247 e. The Morgan fingerprint density at radius 3 is 2.61 bits per heavy atom. The van der Waals surface area contributed by atoms with Gasteiger partial charge in [-0.1, -0.05) is 6.42 Å². The molecule has 0 radical (unpaired) electrons. The van der Waals surface area contributed by atoms with Gasteiger partial charge in [0, 0.05) is 38.0 Å². The fourth-order valence-corrected chi connectivity index (χ4v) is 5.08. The number of ketones is 1. The van der Waals surface area contributed by atoms with Crippen molar-refractivity contribution in [3.05, 3.63) is 12.2 Å². The predicted octanol–water partition coefficient (Wildman–Crippen LogP) is -0.597. The van der Waals surface area contributed by atoms with Gasteiger partial charge in [-0.25, -0.2) is 9.67 Å². The Hall–Kier alpha value is -2.66. The number of aldehydes is 1. The molecule has 33 heavy (non-hydrogen) atoms. The number of aryl methyl sites for hydroxylation is 1. The Morgan fingerprint density at radius 2 is 2.03 bits per heavy atom. The minimum atomic E-state index is -1.03. The van der Waals surface area contributed by atoms with Crippen molar-refractivity contribution < 1.29 is 24.3 Å². The summed E-state index contributed by atoms with van der Waals surface area (Å²) in [5.41, 5.74) is -0.924. The van der Waals surface area contributed by atoms with Crippen molar-refractivity contribution in [3.63, 3.8) is 0 Å². The molecule has 1 aromatic rings. The summed E-state index contributed by atoms with van der Waals surface area (Å²) in [6.07, 6.45) is 4.78. The molecule has 11 heteroatoms. The highest BCUT2D eigenvalue weighted by atomic mass is 16.3. The molecule has 2 unspecified atom stereocenters. The minimum Gasteiger partial charge on any atom is -0.391 e. The van der Waals surface area contributed by atoms with E-state index in [-0.39, 0.29) is 30.6 Å². The second kappa shape index (κ2) is 10.5. The maximum absolute atomic E-state index is 13.1. The molecule has 1 aliphatic heterocycles. The zero-order valence-corrected chi connectivity index (χ0v) is 19.6. The van der Waals surface area contributed by atoms with Crippen molar-refractivity contribution in [2.45, 2.75) is 51.2 Å². The Bertz CT molecular complexity index is 880. The van der Waals surface area contributed by atoms with Crippen molar-refractivity contribution >= 4 is 23.9 Å². The van der Waals surface area contributed by atoms with Crippen LogP contribution in [0, 0.1) is 11.3 Å². The average molecular weight is 463 g/mol. The summed E-state index contributed by atoms with van der Waals surface area (Å²) >= 11 is 0. The van der Waals surface area contributed by atoms with E-state index in [1.807, 2.05) is 0 Å². The first-order valence-corrected chi connectivity index (χ1v) is 11.5. The van der Waals surface area contributed by atoms with E-state index in [0.717, 1.165) is 25.5 Å². The van der Waals surface area contributed by atoms with Crippen LogP contribution >= 0.6 is 0 Å². The Balaban J connectivity index is 1.63. The minimum absolute atomic E-state index is 0.0725. The van der Waals surface area contributed by atoms with E-state index in [1.54, 1.807) is 23.9 Å². The summed E-state index contributed by atoms with van der Waals surface area (Å²) in [5, 5.41) is 16.7. The summed E-state index contributed by atoms with van der Waals surface area (Å²) in [5.74, 6) is -1.25. The van der Waals surface area contributed by atoms with Crippen LogP contribution in [0.15, 0.2) is 6.33 Å². The van der Waals surface area contributed by atoms with Gasteiger partial charge in [0.1, 0.15) is 18.7 Å². The quantitative estimate of drug-likeness (QED) is 0.347. The van der Waals surface area contributed by atoms with Gasteiger partial charge in [0.25, 0.3) is 0 Å². The van der Waals surface area contributed by atoms with E-state index >= 15 is 0 Å². The summed E-state index contributed by atoms with van der Waals surface area (Å²) in [6, 6.07) is -1.01. The number of carbonyl (C=O) groups is 4. The first kappa shape index (κ1) is 25.0. The number of likely N-dealkylation sites (tertiary alicyclic amines) is 1. The van der Waals surface area contributed by atoms with Crippen LogP contribution in [-0.2, 0) is 21.4 Å². The normalized spacial score (nSPS) is 24.6. The van der Waals surface area contributed by atoms with E-state index in [0.29, 0.717) is 25.9 Å². The SMILES string of the molecule is C[C@@H](O)[C@H](NC(=O)CN(C)CC1(C=O)CCCC1C(=O)c1ncnn1C)C(=O)N1CCCC1. The lowest BCUT2D eigenvalue weighted by atomic mass is 9.76. The predicted molar refractivity (Wildman–Crippen MR) is 118 cm³/mol.